The molecule has 2 aromatic carbocycles. The van der Waals surface area contributed by atoms with E-state index in [0.717, 1.165) is 31.0 Å². The number of methoxy groups -OCH3 is 1. The van der Waals surface area contributed by atoms with Crippen molar-refractivity contribution in [2.75, 3.05) is 19.5 Å². The van der Waals surface area contributed by atoms with Crippen molar-refractivity contribution in [1.29, 1.82) is 0 Å². The van der Waals surface area contributed by atoms with E-state index in [1.165, 1.54) is 17.8 Å². The summed E-state index contributed by atoms with van der Waals surface area (Å²) in [6, 6.07) is 13.9. The molecule has 4 rings (SSSR count). The summed E-state index contributed by atoms with van der Waals surface area (Å²) in [7, 11) is 1.61. The van der Waals surface area contributed by atoms with Crippen molar-refractivity contribution >= 4 is 11.8 Å². The van der Waals surface area contributed by atoms with Crippen molar-refractivity contribution in [3.05, 3.63) is 60.2 Å². The fourth-order valence-electron chi connectivity index (χ4n) is 3.13. The van der Waals surface area contributed by atoms with Crippen LogP contribution in [-0.4, -0.2) is 40.3 Å². The molecule has 0 saturated carbocycles. The second-order valence-corrected chi connectivity index (χ2v) is 7.58. The van der Waals surface area contributed by atoms with Crippen molar-refractivity contribution in [3.8, 4) is 17.2 Å². The predicted molar refractivity (Wildman–Crippen MR) is 108 cm³/mol. The molecule has 3 aromatic rings. The standard InChI is InChI=1S/C21H22FN3O3S/c1-26-15-8-10-16(11-9-15)28-13-20-23-24-21(29-14-17-5-4-12-27-17)25(20)19-7-3-2-6-18(19)22/h2-3,6-11,17H,4-5,12-14H2,1H3/t17-/m1/s1. The summed E-state index contributed by atoms with van der Waals surface area (Å²) >= 11 is 1.52. The summed E-state index contributed by atoms with van der Waals surface area (Å²) in [5.41, 5.74) is 0.403. The van der Waals surface area contributed by atoms with Gasteiger partial charge in [-0.25, -0.2) is 4.39 Å². The van der Waals surface area contributed by atoms with Gasteiger partial charge >= 0.3 is 0 Å². The van der Waals surface area contributed by atoms with Gasteiger partial charge in [-0.1, -0.05) is 23.9 Å². The first-order valence-corrected chi connectivity index (χ1v) is 10.4. The quantitative estimate of drug-likeness (QED) is 0.512. The molecule has 1 saturated heterocycles. The van der Waals surface area contributed by atoms with Crippen LogP contribution in [0.5, 0.6) is 11.5 Å². The third-order valence-electron chi connectivity index (χ3n) is 4.64. The highest BCUT2D eigenvalue weighted by Gasteiger charge is 2.21. The van der Waals surface area contributed by atoms with E-state index >= 15 is 0 Å². The number of ether oxygens (including phenoxy) is 3. The minimum Gasteiger partial charge on any atom is -0.497 e. The van der Waals surface area contributed by atoms with Gasteiger partial charge in [0.2, 0.25) is 0 Å². The van der Waals surface area contributed by atoms with Crippen molar-refractivity contribution in [2.24, 2.45) is 0 Å². The van der Waals surface area contributed by atoms with Crippen LogP contribution in [-0.2, 0) is 11.3 Å². The maximum absolute atomic E-state index is 14.5. The second kappa shape index (κ2) is 9.28. The molecule has 0 N–H and O–H groups in total. The largest absolute Gasteiger partial charge is 0.497 e. The molecule has 0 bridgehead atoms. The summed E-state index contributed by atoms with van der Waals surface area (Å²) in [5, 5.41) is 9.17. The molecular formula is C21H22FN3O3S. The van der Waals surface area contributed by atoms with Crippen LogP contribution in [0.1, 0.15) is 18.7 Å². The number of hydrogen-bond donors (Lipinski definition) is 0. The number of para-hydroxylation sites is 1. The Morgan fingerprint density at radius 2 is 1.93 bits per heavy atom. The van der Waals surface area contributed by atoms with Crippen molar-refractivity contribution in [1.82, 2.24) is 14.8 Å². The van der Waals surface area contributed by atoms with Crippen LogP contribution in [0, 0.1) is 5.82 Å². The molecule has 0 unspecified atom stereocenters. The maximum atomic E-state index is 14.5. The van der Waals surface area contributed by atoms with E-state index < -0.39 is 0 Å². The van der Waals surface area contributed by atoms with E-state index in [-0.39, 0.29) is 18.5 Å². The zero-order valence-electron chi connectivity index (χ0n) is 16.1. The molecule has 29 heavy (non-hydrogen) atoms. The van der Waals surface area contributed by atoms with Crippen LogP contribution in [0.2, 0.25) is 0 Å². The Morgan fingerprint density at radius 3 is 2.66 bits per heavy atom. The SMILES string of the molecule is COc1ccc(OCc2nnc(SC[C@H]3CCCO3)n2-c2ccccc2F)cc1. The predicted octanol–water partition coefficient (Wildman–Crippen LogP) is 4.27. The number of nitrogens with zero attached hydrogens (tertiary/aromatic N) is 3. The first-order chi connectivity index (χ1) is 14.2. The van der Waals surface area contributed by atoms with Crippen LogP contribution >= 0.6 is 11.8 Å². The highest BCUT2D eigenvalue weighted by atomic mass is 32.2. The molecule has 0 aliphatic carbocycles. The third kappa shape index (κ3) is 4.71. The van der Waals surface area contributed by atoms with Gasteiger partial charge in [-0.2, -0.15) is 0 Å². The highest BCUT2D eigenvalue weighted by Crippen LogP contribution is 2.27. The molecule has 1 aliphatic rings. The van der Waals surface area contributed by atoms with Crippen LogP contribution in [0.25, 0.3) is 5.69 Å². The topological polar surface area (TPSA) is 58.4 Å². The molecule has 8 heteroatoms. The smallest absolute Gasteiger partial charge is 0.196 e. The van der Waals surface area contributed by atoms with Gasteiger partial charge in [-0.15, -0.1) is 10.2 Å². The van der Waals surface area contributed by atoms with E-state index in [9.17, 15) is 4.39 Å². The number of thioether (sulfide) groups is 1. The normalized spacial score (nSPS) is 16.1. The van der Waals surface area contributed by atoms with Crippen LogP contribution in [0.3, 0.4) is 0 Å². The highest BCUT2D eigenvalue weighted by molar-refractivity contribution is 7.99. The van der Waals surface area contributed by atoms with Gasteiger partial charge in [0.1, 0.15) is 23.9 Å². The first kappa shape index (κ1) is 19.7. The number of rotatable bonds is 8. The minimum atomic E-state index is -0.336. The molecular weight excluding hydrogens is 393 g/mol. The Labute approximate surface area is 173 Å². The Kier molecular flexibility index (Phi) is 6.31. The lowest BCUT2D eigenvalue weighted by Crippen LogP contribution is -2.11. The van der Waals surface area contributed by atoms with Gasteiger partial charge in [0.05, 0.1) is 18.9 Å². The van der Waals surface area contributed by atoms with Gasteiger partial charge in [0.25, 0.3) is 0 Å². The lowest BCUT2D eigenvalue weighted by molar-refractivity contribution is 0.129. The van der Waals surface area contributed by atoms with E-state index in [4.69, 9.17) is 14.2 Å². The molecule has 2 heterocycles. The lowest BCUT2D eigenvalue weighted by atomic mass is 10.3. The van der Waals surface area contributed by atoms with E-state index in [1.54, 1.807) is 29.9 Å². The summed E-state index contributed by atoms with van der Waals surface area (Å²) < 4.78 is 33.0. The van der Waals surface area contributed by atoms with Crippen molar-refractivity contribution < 1.29 is 18.6 Å². The third-order valence-corrected chi connectivity index (χ3v) is 5.70. The zero-order valence-corrected chi connectivity index (χ0v) is 16.9. The molecule has 1 fully saturated rings. The summed E-state index contributed by atoms with van der Waals surface area (Å²) in [6.45, 7) is 0.959. The van der Waals surface area contributed by atoms with Gasteiger partial charge in [0, 0.05) is 12.4 Å². The number of halogens is 1. The average molecular weight is 415 g/mol. The maximum Gasteiger partial charge on any atom is 0.196 e. The second-order valence-electron chi connectivity index (χ2n) is 6.60. The van der Waals surface area contributed by atoms with Crippen LogP contribution in [0.15, 0.2) is 53.7 Å². The zero-order chi connectivity index (χ0) is 20.1. The average Bonchev–Trinajstić information content (AvgIpc) is 3.41. The lowest BCUT2D eigenvalue weighted by Gasteiger charge is -2.13. The van der Waals surface area contributed by atoms with Gasteiger partial charge < -0.3 is 14.2 Å². The van der Waals surface area contributed by atoms with E-state index in [0.29, 0.717) is 22.4 Å². The molecule has 0 amide bonds. The van der Waals surface area contributed by atoms with Gasteiger partial charge in [-0.3, -0.25) is 4.57 Å². The Hall–Kier alpha value is -2.58. The van der Waals surface area contributed by atoms with E-state index in [1.807, 2.05) is 24.3 Å². The Balaban J connectivity index is 1.56. The van der Waals surface area contributed by atoms with Crippen molar-refractivity contribution in [3.63, 3.8) is 0 Å². The number of aromatic nitrogens is 3. The fourth-order valence-corrected chi connectivity index (χ4v) is 4.15. The number of benzene rings is 2. The molecule has 1 aliphatic heterocycles. The molecule has 0 radical (unpaired) electrons. The molecule has 0 spiro atoms. The van der Waals surface area contributed by atoms with Crippen LogP contribution < -0.4 is 9.47 Å². The monoisotopic (exact) mass is 415 g/mol. The summed E-state index contributed by atoms with van der Waals surface area (Å²) in [6.07, 6.45) is 2.31. The Bertz CT molecular complexity index is 943. The summed E-state index contributed by atoms with van der Waals surface area (Å²) in [4.78, 5) is 0. The summed E-state index contributed by atoms with van der Waals surface area (Å²) in [5.74, 6) is 2.37. The molecule has 1 aromatic heterocycles. The van der Waals surface area contributed by atoms with Crippen LogP contribution in [0.4, 0.5) is 4.39 Å². The number of hydrogen-bond acceptors (Lipinski definition) is 6. The molecule has 152 valence electrons. The van der Waals surface area contributed by atoms with E-state index in [2.05, 4.69) is 10.2 Å². The first-order valence-electron chi connectivity index (χ1n) is 9.45. The Morgan fingerprint density at radius 1 is 1.14 bits per heavy atom. The fraction of sp³-hybridized carbons (Fsp3) is 0.333. The van der Waals surface area contributed by atoms with Crippen molar-refractivity contribution in [2.45, 2.75) is 30.7 Å². The molecule has 6 nitrogen and oxygen atoms in total. The minimum absolute atomic E-state index is 0.161. The molecule has 1 atom stereocenters. The van der Waals surface area contributed by atoms with Gasteiger partial charge in [0.15, 0.2) is 11.0 Å². The van der Waals surface area contributed by atoms with Gasteiger partial charge in [-0.05, 0) is 49.2 Å².